The molecule has 0 amide bonds. The monoisotopic (exact) mass is 255 g/mol. The van der Waals surface area contributed by atoms with Gasteiger partial charge in [-0.2, -0.15) is 0 Å². The lowest BCUT2D eigenvalue weighted by molar-refractivity contribution is -0.360. The van der Waals surface area contributed by atoms with E-state index in [-0.39, 0.29) is 22.8 Å². The Morgan fingerprint density at radius 1 is 0.944 bits per heavy atom. The molecular weight excluding hydrogens is 226 g/mol. The lowest BCUT2D eigenvalue weighted by Gasteiger charge is -2.57. The van der Waals surface area contributed by atoms with E-state index >= 15 is 0 Å². The molecule has 1 spiro atoms. The summed E-state index contributed by atoms with van der Waals surface area (Å²) in [6.45, 7) is 15.4. The van der Waals surface area contributed by atoms with Gasteiger partial charge in [0.2, 0.25) is 0 Å². The number of ether oxygens (including phenoxy) is 2. The van der Waals surface area contributed by atoms with Crippen LogP contribution in [0.15, 0.2) is 0 Å². The fraction of sp³-hybridized carbons (Fsp3) is 1.00. The molecule has 18 heavy (non-hydrogen) atoms. The van der Waals surface area contributed by atoms with Crippen molar-refractivity contribution in [3.63, 3.8) is 0 Å². The fourth-order valence-corrected chi connectivity index (χ4v) is 4.24. The lowest BCUT2D eigenvalue weighted by Crippen LogP contribution is -2.67. The van der Waals surface area contributed by atoms with E-state index in [0.717, 1.165) is 19.3 Å². The van der Waals surface area contributed by atoms with E-state index in [0.29, 0.717) is 0 Å². The van der Waals surface area contributed by atoms with Gasteiger partial charge in [-0.15, -0.1) is 0 Å². The van der Waals surface area contributed by atoms with Gasteiger partial charge in [0.15, 0.2) is 5.79 Å². The molecule has 1 N–H and O–H groups in total. The topological polar surface area (TPSA) is 30.5 Å². The molecule has 0 aliphatic carbocycles. The van der Waals surface area contributed by atoms with E-state index in [9.17, 15) is 0 Å². The summed E-state index contributed by atoms with van der Waals surface area (Å²) in [6.07, 6.45) is 3.02. The summed E-state index contributed by atoms with van der Waals surface area (Å²) in [7, 11) is 0. The molecule has 0 saturated carbocycles. The van der Waals surface area contributed by atoms with Crippen molar-refractivity contribution < 1.29 is 9.47 Å². The Kier molecular flexibility index (Phi) is 3.13. The highest BCUT2D eigenvalue weighted by Gasteiger charge is 2.54. The van der Waals surface area contributed by atoms with Crippen molar-refractivity contribution in [1.82, 2.24) is 5.32 Å². The van der Waals surface area contributed by atoms with E-state index in [1.807, 2.05) is 0 Å². The Labute approximate surface area is 112 Å². The van der Waals surface area contributed by atoms with Gasteiger partial charge >= 0.3 is 0 Å². The molecule has 0 radical (unpaired) electrons. The first-order chi connectivity index (χ1) is 7.93. The number of rotatable bonds is 0. The van der Waals surface area contributed by atoms with E-state index in [1.165, 1.54) is 0 Å². The Morgan fingerprint density at radius 3 is 1.89 bits per heavy atom. The zero-order valence-electron chi connectivity index (χ0n) is 13.0. The van der Waals surface area contributed by atoms with Crippen molar-refractivity contribution in [2.24, 2.45) is 0 Å². The van der Waals surface area contributed by atoms with Gasteiger partial charge in [0, 0.05) is 30.3 Å². The summed E-state index contributed by atoms with van der Waals surface area (Å²) < 4.78 is 12.6. The number of hydrogen-bond acceptors (Lipinski definition) is 3. The smallest absolute Gasteiger partial charge is 0.172 e. The third-order valence-corrected chi connectivity index (χ3v) is 3.76. The van der Waals surface area contributed by atoms with Gasteiger partial charge in [0.25, 0.3) is 0 Å². The number of nitrogens with one attached hydrogen (secondary N) is 1. The van der Waals surface area contributed by atoms with Gasteiger partial charge in [-0.05, 0) is 48.5 Å². The maximum absolute atomic E-state index is 6.38. The average molecular weight is 255 g/mol. The number of hydrogen-bond donors (Lipinski definition) is 1. The minimum Gasteiger partial charge on any atom is -0.347 e. The van der Waals surface area contributed by atoms with Crippen molar-refractivity contribution in [3.05, 3.63) is 0 Å². The first-order valence-corrected chi connectivity index (χ1v) is 7.10. The fourth-order valence-electron chi connectivity index (χ4n) is 4.24. The molecule has 0 aromatic rings. The van der Waals surface area contributed by atoms with Crippen LogP contribution in [0.25, 0.3) is 0 Å². The molecule has 3 nitrogen and oxygen atoms in total. The highest BCUT2D eigenvalue weighted by Crippen LogP contribution is 2.46. The van der Waals surface area contributed by atoms with Gasteiger partial charge in [-0.1, -0.05) is 0 Å². The van der Waals surface area contributed by atoms with Crippen LogP contribution in [-0.2, 0) is 9.47 Å². The molecule has 1 unspecified atom stereocenters. The van der Waals surface area contributed by atoms with Gasteiger partial charge in [0.1, 0.15) is 0 Å². The molecule has 2 rings (SSSR count). The zero-order chi connectivity index (χ0) is 13.8. The third kappa shape index (κ3) is 3.06. The van der Waals surface area contributed by atoms with E-state index in [1.54, 1.807) is 0 Å². The molecular formula is C15H29NO2. The average Bonchev–Trinajstić information content (AvgIpc) is 1.87. The molecule has 0 aromatic carbocycles. The Balaban J connectivity index is 2.29. The van der Waals surface area contributed by atoms with Gasteiger partial charge in [0.05, 0.1) is 11.7 Å². The molecule has 106 valence electrons. The second kappa shape index (κ2) is 3.94. The van der Waals surface area contributed by atoms with Gasteiger partial charge in [-0.25, -0.2) is 0 Å². The lowest BCUT2D eigenvalue weighted by atomic mass is 9.77. The standard InChI is InChI=1S/C15H29NO2/c1-11-8-14(6,7)18-15(17-11)9-12(2,3)16-13(4,5)10-15/h11,16H,8-10H2,1-7H3. The molecule has 0 bridgehead atoms. The van der Waals surface area contributed by atoms with Crippen LogP contribution in [0, 0.1) is 0 Å². The van der Waals surface area contributed by atoms with E-state index in [2.05, 4.69) is 53.8 Å². The third-order valence-electron chi connectivity index (χ3n) is 3.76. The Morgan fingerprint density at radius 2 is 1.44 bits per heavy atom. The summed E-state index contributed by atoms with van der Waals surface area (Å²) in [5.41, 5.74) is -0.0229. The normalized spacial score (nSPS) is 36.5. The molecule has 2 fully saturated rings. The first-order valence-electron chi connectivity index (χ1n) is 7.10. The van der Waals surface area contributed by atoms with Crippen molar-refractivity contribution >= 4 is 0 Å². The van der Waals surface area contributed by atoms with Crippen LogP contribution >= 0.6 is 0 Å². The number of piperidine rings is 1. The van der Waals surface area contributed by atoms with E-state index in [4.69, 9.17) is 9.47 Å². The second-order valence-electron chi connectivity index (χ2n) is 8.15. The molecule has 3 heteroatoms. The SMILES string of the molecule is CC1CC(C)(C)OC2(CC(C)(C)NC(C)(C)C2)O1. The Bertz CT molecular complexity index is 312. The van der Waals surface area contributed by atoms with Crippen LogP contribution in [-0.4, -0.2) is 28.6 Å². The Hall–Kier alpha value is -0.120. The molecule has 2 aliphatic heterocycles. The maximum atomic E-state index is 6.38. The second-order valence-corrected chi connectivity index (χ2v) is 8.15. The zero-order valence-corrected chi connectivity index (χ0v) is 13.0. The van der Waals surface area contributed by atoms with Crippen LogP contribution in [0.4, 0.5) is 0 Å². The first kappa shape index (κ1) is 14.3. The predicted molar refractivity (Wildman–Crippen MR) is 73.6 cm³/mol. The van der Waals surface area contributed by atoms with Crippen LogP contribution in [0.5, 0.6) is 0 Å². The van der Waals surface area contributed by atoms with Crippen molar-refractivity contribution in [2.75, 3.05) is 0 Å². The summed E-state index contributed by atoms with van der Waals surface area (Å²) in [4.78, 5) is 0. The van der Waals surface area contributed by atoms with Crippen LogP contribution < -0.4 is 5.32 Å². The van der Waals surface area contributed by atoms with Crippen molar-refractivity contribution in [2.45, 2.75) is 96.3 Å². The molecule has 2 aliphatic rings. The highest BCUT2D eigenvalue weighted by molar-refractivity contribution is 5.03. The summed E-state index contributed by atoms with van der Waals surface area (Å²) in [5.74, 6) is -0.431. The van der Waals surface area contributed by atoms with Gasteiger partial charge < -0.3 is 14.8 Å². The largest absolute Gasteiger partial charge is 0.347 e. The molecule has 0 aromatic heterocycles. The maximum Gasteiger partial charge on any atom is 0.172 e. The molecule has 2 heterocycles. The quantitative estimate of drug-likeness (QED) is 0.721. The molecule has 2 saturated heterocycles. The van der Waals surface area contributed by atoms with Crippen molar-refractivity contribution in [3.8, 4) is 0 Å². The predicted octanol–water partition coefficient (Wildman–Crippen LogP) is 3.23. The van der Waals surface area contributed by atoms with Crippen LogP contribution in [0.1, 0.15) is 67.7 Å². The van der Waals surface area contributed by atoms with Crippen LogP contribution in [0.2, 0.25) is 0 Å². The van der Waals surface area contributed by atoms with Crippen LogP contribution in [0.3, 0.4) is 0 Å². The van der Waals surface area contributed by atoms with Gasteiger partial charge in [-0.3, -0.25) is 0 Å². The minimum atomic E-state index is -0.431. The van der Waals surface area contributed by atoms with Crippen molar-refractivity contribution in [1.29, 1.82) is 0 Å². The van der Waals surface area contributed by atoms with E-state index < -0.39 is 5.79 Å². The minimum absolute atomic E-state index is 0.0366. The summed E-state index contributed by atoms with van der Waals surface area (Å²) >= 11 is 0. The summed E-state index contributed by atoms with van der Waals surface area (Å²) in [6, 6.07) is 0. The molecule has 1 atom stereocenters. The summed E-state index contributed by atoms with van der Waals surface area (Å²) in [5, 5.41) is 3.69. The highest BCUT2D eigenvalue weighted by atomic mass is 16.7.